The lowest BCUT2D eigenvalue weighted by atomic mass is 10.2. The molecule has 0 saturated carbocycles. The summed E-state index contributed by atoms with van der Waals surface area (Å²) >= 11 is 11.1. The van der Waals surface area contributed by atoms with Crippen LogP contribution in [0, 0.1) is 0 Å². The van der Waals surface area contributed by atoms with E-state index in [1.165, 1.54) is 4.88 Å². The lowest BCUT2D eigenvalue weighted by Crippen LogP contribution is -2.36. The van der Waals surface area contributed by atoms with E-state index in [4.69, 9.17) is 16.3 Å². The van der Waals surface area contributed by atoms with Gasteiger partial charge in [0.05, 0.1) is 11.1 Å². The molecule has 7 heteroatoms. The number of carbonyl (C=O) groups is 1. The van der Waals surface area contributed by atoms with Gasteiger partial charge < -0.3 is 15.0 Å². The maximum absolute atomic E-state index is 12.0. The number of likely N-dealkylation sites (N-methyl/N-ethyl adjacent to an activating group) is 1. The number of amides is 1. The van der Waals surface area contributed by atoms with Crippen LogP contribution in [0.5, 0.6) is 5.75 Å². The predicted molar refractivity (Wildman–Crippen MR) is 98.4 cm³/mol. The van der Waals surface area contributed by atoms with Crippen LogP contribution in [0.15, 0.2) is 40.2 Å². The number of thiophene rings is 1. The molecule has 1 aromatic carbocycles. The second-order valence-electron chi connectivity index (χ2n) is 5.16. The molecule has 0 radical (unpaired) electrons. The zero-order valence-corrected chi connectivity index (χ0v) is 16.0. The summed E-state index contributed by atoms with van der Waals surface area (Å²) in [6.45, 7) is 0.468. The SMILES string of the molecule is CN(C)C(CNC(=O)COc1ccc(Br)cc1Cl)c1cccs1. The molecule has 1 aromatic heterocycles. The van der Waals surface area contributed by atoms with Gasteiger partial charge in [-0.15, -0.1) is 11.3 Å². The Labute approximate surface area is 153 Å². The lowest BCUT2D eigenvalue weighted by molar-refractivity contribution is -0.123. The Morgan fingerprint density at radius 1 is 1.43 bits per heavy atom. The highest BCUT2D eigenvalue weighted by atomic mass is 79.9. The highest BCUT2D eigenvalue weighted by molar-refractivity contribution is 9.10. The molecule has 0 aliphatic carbocycles. The van der Waals surface area contributed by atoms with Crippen LogP contribution in [-0.4, -0.2) is 38.1 Å². The molecule has 1 amide bonds. The van der Waals surface area contributed by atoms with E-state index in [9.17, 15) is 4.79 Å². The van der Waals surface area contributed by atoms with Crippen molar-refractivity contribution in [2.75, 3.05) is 27.2 Å². The monoisotopic (exact) mass is 416 g/mol. The number of hydrogen-bond acceptors (Lipinski definition) is 4. The fraction of sp³-hybridized carbons (Fsp3) is 0.312. The largest absolute Gasteiger partial charge is 0.482 e. The average molecular weight is 418 g/mol. The highest BCUT2D eigenvalue weighted by Gasteiger charge is 2.16. The van der Waals surface area contributed by atoms with Gasteiger partial charge in [-0.3, -0.25) is 4.79 Å². The summed E-state index contributed by atoms with van der Waals surface area (Å²) in [6.07, 6.45) is 0. The maximum atomic E-state index is 12.0. The number of nitrogens with zero attached hydrogens (tertiary/aromatic N) is 1. The van der Waals surface area contributed by atoms with E-state index in [1.54, 1.807) is 23.5 Å². The molecule has 0 aliphatic heterocycles. The molecule has 1 atom stereocenters. The highest BCUT2D eigenvalue weighted by Crippen LogP contribution is 2.27. The molecule has 1 unspecified atom stereocenters. The molecular formula is C16H18BrClN2O2S. The zero-order chi connectivity index (χ0) is 16.8. The van der Waals surface area contributed by atoms with Gasteiger partial charge in [0.2, 0.25) is 0 Å². The van der Waals surface area contributed by atoms with Crippen LogP contribution in [-0.2, 0) is 4.79 Å². The summed E-state index contributed by atoms with van der Waals surface area (Å²) in [7, 11) is 3.99. The van der Waals surface area contributed by atoms with Crippen LogP contribution in [0.25, 0.3) is 0 Å². The summed E-state index contributed by atoms with van der Waals surface area (Å²) in [4.78, 5) is 15.3. The first-order valence-electron chi connectivity index (χ1n) is 7.01. The van der Waals surface area contributed by atoms with Crippen LogP contribution < -0.4 is 10.1 Å². The van der Waals surface area contributed by atoms with E-state index in [2.05, 4.69) is 32.2 Å². The Morgan fingerprint density at radius 2 is 2.22 bits per heavy atom. The molecule has 23 heavy (non-hydrogen) atoms. The van der Waals surface area contributed by atoms with Crippen molar-refractivity contribution in [3.05, 3.63) is 50.1 Å². The van der Waals surface area contributed by atoms with Gasteiger partial charge in [0, 0.05) is 15.9 Å². The van der Waals surface area contributed by atoms with E-state index in [-0.39, 0.29) is 18.6 Å². The van der Waals surface area contributed by atoms with Crippen molar-refractivity contribution >= 4 is 44.8 Å². The molecule has 4 nitrogen and oxygen atoms in total. The van der Waals surface area contributed by atoms with Crippen molar-refractivity contribution in [1.82, 2.24) is 10.2 Å². The molecule has 0 bridgehead atoms. The van der Waals surface area contributed by atoms with Crippen LogP contribution in [0.4, 0.5) is 0 Å². The number of benzene rings is 1. The third kappa shape index (κ3) is 5.49. The van der Waals surface area contributed by atoms with Gasteiger partial charge in [0.25, 0.3) is 5.91 Å². The fourth-order valence-corrected chi connectivity index (χ4v) is 3.67. The van der Waals surface area contributed by atoms with Crippen LogP contribution >= 0.6 is 38.9 Å². The van der Waals surface area contributed by atoms with Gasteiger partial charge in [0.1, 0.15) is 5.75 Å². The predicted octanol–water partition coefficient (Wildman–Crippen LogP) is 3.96. The Balaban J connectivity index is 1.84. The molecule has 124 valence electrons. The van der Waals surface area contributed by atoms with Gasteiger partial charge in [-0.05, 0) is 43.7 Å². The molecule has 0 saturated heterocycles. The fourth-order valence-electron chi connectivity index (χ4n) is 2.02. The minimum absolute atomic E-state index is 0.0636. The number of halogens is 2. The van der Waals surface area contributed by atoms with Crippen LogP contribution in [0.3, 0.4) is 0 Å². The minimum Gasteiger partial charge on any atom is -0.482 e. The topological polar surface area (TPSA) is 41.6 Å². The number of nitrogens with one attached hydrogen (secondary N) is 1. The van der Waals surface area contributed by atoms with Crippen molar-refractivity contribution in [2.45, 2.75) is 6.04 Å². The minimum atomic E-state index is -0.174. The molecule has 0 aliphatic rings. The van der Waals surface area contributed by atoms with Gasteiger partial charge in [-0.1, -0.05) is 33.6 Å². The van der Waals surface area contributed by atoms with Crippen LogP contribution in [0.1, 0.15) is 10.9 Å². The summed E-state index contributed by atoms with van der Waals surface area (Å²) in [5.74, 6) is 0.319. The number of carbonyl (C=O) groups excluding carboxylic acids is 1. The van der Waals surface area contributed by atoms with Crippen LogP contribution in [0.2, 0.25) is 5.02 Å². The molecule has 1 N–H and O–H groups in total. The normalized spacial score (nSPS) is 12.2. The Hall–Kier alpha value is -1.08. The first kappa shape index (κ1) is 18.3. The molecule has 1 heterocycles. The van der Waals surface area contributed by atoms with E-state index in [0.29, 0.717) is 17.3 Å². The molecule has 0 fully saturated rings. The summed E-state index contributed by atoms with van der Waals surface area (Å²) in [5.41, 5.74) is 0. The van der Waals surface area contributed by atoms with Crippen molar-refractivity contribution in [3.8, 4) is 5.75 Å². The lowest BCUT2D eigenvalue weighted by Gasteiger charge is -2.23. The second-order valence-corrected chi connectivity index (χ2v) is 7.46. The molecular weight excluding hydrogens is 400 g/mol. The van der Waals surface area contributed by atoms with Crippen molar-refractivity contribution in [2.24, 2.45) is 0 Å². The van der Waals surface area contributed by atoms with Crippen molar-refractivity contribution < 1.29 is 9.53 Å². The summed E-state index contributed by atoms with van der Waals surface area (Å²) in [5, 5.41) is 5.41. The van der Waals surface area contributed by atoms with E-state index in [0.717, 1.165) is 4.47 Å². The number of ether oxygens (including phenoxy) is 1. The van der Waals surface area contributed by atoms with E-state index < -0.39 is 0 Å². The summed E-state index contributed by atoms with van der Waals surface area (Å²) in [6, 6.07) is 9.51. The second kappa shape index (κ2) is 8.68. The molecule has 0 spiro atoms. The third-order valence-electron chi connectivity index (χ3n) is 3.24. The maximum Gasteiger partial charge on any atom is 0.258 e. The standard InChI is InChI=1S/C16H18BrClN2O2S/c1-20(2)13(15-4-3-7-23-15)9-19-16(21)10-22-14-6-5-11(17)8-12(14)18/h3-8,13H,9-10H2,1-2H3,(H,19,21). The Kier molecular flexibility index (Phi) is 6.89. The Morgan fingerprint density at radius 3 is 2.83 bits per heavy atom. The van der Waals surface area contributed by atoms with Gasteiger partial charge in [-0.2, -0.15) is 0 Å². The number of hydrogen-bond donors (Lipinski definition) is 1. The first-order chi connectivity index (χ1) is 11.0. The molecule has 2 rings (SSSR count). The average Bonchev–Trinajstić information content (AvgIpc) is 3.00. The summed E-state index contributed by atoms with van der Waals surface area (Å²) < 4.78 is 6.33. The van der Waals surface area contributed by atoms with Crippen molar-refractivity contribution in [3.63, 3.8) is 0 Å². The van der Waals surface area contributed by atoms with E-state index >= 15 is 0 Å². The Bertz CT molecular complexity index is 650. The van der Waals surface area contributed by atoms with Gasteiger partial charge >= 0.3 is 0 Å². The van der Waals surface area contributed by atoms with Gasteiger partial charge in [0.15, 0.2) is 6.61 Å². The number of rotatable bonds is 7. The van der Waals surface area contributed by atoms with Gasteiger partial charge in [-0.25, -0.2) is 0 Å². The molecule has 2 aromatic rings. The first-order valence-corrected chi connectivity index (χ1v) is 9.07. The smallest absolute Gasteiger partial charge is 0.258 e. The third-order valence-corrected chi connectivity index (χ3v) is 5.00. The zero-order valence-electron chi connectivity index (χ0n) is 12.9. The quantitative estimate of drug-likeness (QED) is 0.741. The van der Waals surface area contributed by atoms with Crippen molar-refractivity contribution in [1.29, 1.82) is 0 Å². The van der Waals surface area contributed by atoms with E-state index in [1.807, 2.05) is 31.6 Å².